The van der Waals surface area contributed by atoms with Gasteiger partial charge in [-0.15, -0.1) is 0 Å². The summed E-state index contributed by atoms with van der Waals surface area (Å²) in [6.07, 6.45) is 0.919. The standard InChI is InChI=1S/C12H16N2O/c1-13-11-7-8-14(12(11)15)9-10-5-3-2-4-6-10/h2-6,11,13H,7-9H2,1H3. The predicted octanol–water partition coefficient (Wildman–Crippen LogP) is 1.01. The molecule has 1 aliphatic rings. The molecule has 1 heterocycles. The van der Waals surface area contributed by atoms with Crippen LogP contribution in [0.3, 0.4) is 0 Å². The van der Waals surface area contributed by atoms with Crippen molar-refractivity contribution in [1.29, 1.82) is 0 Å². The van der Waals surface area contributed by atoms with Crippen LogP contribution in [0.2, 0.25) is 0 Å². The van der Waals surface area contributed by atoms with Crippen LogP contribution in [0.25, 0.3) is 0 Å². The van der Waals surface area contributed by atoms with Crippen molar-refractivity contribution in [3.8, 4) is 0 Å². The maximum Gasteiger partial charge on any atom is 0.240 e. The molecule has 0 saturated carbocycles. The SMILES string of the molecule is CNC1CCN(Cc2ccccc2)C1=O. The maximum atomic E-state index is 11.8. The molecule has 3 nitrogen and oxygen atoms in total. The number of benzene rings is 1. The lowest BCUT2D eigenvalue weighted by Crippen LogP contribution is -2.35. The molecule has 0 aromatic heterocycles. The Morgan fingerprint density at radius 1 is 1.40 bits per heavy atom. The van der Waals surface area contributed by atoms with Crippen LogP contribution < -0.4 is 5.32 Å². The topological polar surface area (TPSA) is 32.3 Å². The molecule has 1 atom stereocenters. The first-order valence-electron chi connectivity index (χ1n) is 5.31. The van der Waals surface area contributed by atoms with Crippen LogP contribution in [0.1, 0.15) is 12.0 Å². The third kappa shape index (κ3) is 2.18. The number of hydrogen-bond acceptors (Lipinski definition) is 2. The molecule has 2 rings (SSSR count). The Balaban J connectivity index is 2.00. The lowest BCUT2D eigenvalue weighted by Gasteiger charge is -2.16. The van der Waals surface area contributed by atoms with E-state index in [0.29, 0.717) is 0 Å². The van der Waals surface area contributed by atoms with Crippen LogP contribution in [0.15, 0.2) is 30.3 Å². The number of likely N-dealkylation sites (N-methyl/N-ethyl adjacent to an activating group) is 1. The second-order valence-corrected chi connectivity index (χ2v) is 3.88. The Morgan fingerprint density at radius 3 is 2.73 bits per heavy atom. The van der Waals surface area contributed by atoms with Crippen LogP contribution in [0.4, 0.5) is 0 Å². The van der Waals surface area contributed by atoms with Gasteiger partial charge in [-0.25, -0.2) is 0 Å². The van der Waals surface area contributed by atoms with Crippen molar-refractivity contribution >= 4 is 5.91 Å². The van der Waals surface area contributed by atoms with Crippen LogP contribution in [0, 0.1) is 0 Å². The summed E-state index contributed by atoms with van der Waals surface area (Å²) in [5, 5.41) is 3.04. The van der Waals surface area contributed by atoms with Crippen molar-refractivity contribution in [3.05, 3.63) is 35.9 Å². The van der Waals surface area contributed by atoms with E-state index < -0.39 is 0 Å². The van der Waals surface area contributed by atoms with Gasteiger partial charge in [-0.2, -0.15) is 0 Å². The largest absolute Gasteiger partial charge is 0.337 e. The summed E-state index contributed by atoms with van der Waals surface area (Å²) in [6, 6.07) is 10.1. The van der Waals surface area contributed by atoms with Crippen LogP contribution in [-0.4, -0.2) is 30.4 Å². The molecule has 1 saturated heterocycles. The quantitative estimate of drug-likeness (QED) is 0.797. The summed E-state index contributed by atoms with van der Waals surface area (Å²) in [6.45, 7) is 1.59. The number of nitrogens with zero attached hydrogens (tertiary/aromatic N) is 1. The van der Waals surface area contributed by atoms with Gasteiger partial charge in [-0.1, -0.05) is 30.3 Å². The van der Waals surface area contributed by atoms with Gasteiger partial charge in [0.2, 0.25) is 5.91 Å². The molecular formula is C12H16N2O. The fraction of sp³-hybridized carbons (Fsp3) is 0.417. The Morgan fingerprint density at radius 2 is 2.13 bits per heavy atom. The van der Waals surface area contributed by atoms with Gasteiger partial charge in [-0.3, -0.25) is 4.79 Å². The first kappa shape index (κ1) is 10.2. The molecule has 0 aliphatic carbocycles. The van der Waals surface area contributed by atoms with Gasteiger partial charge in [-0.05, 0) is 19.0 Å². The van der Waals surface area contributed by atoms with E-state index in [4.69, 9.17) is 0 Å². The lowest BCUT2D eigenvalue weighted by atomic mass is 10.2. The zero-order valence-corrected chi connectivity index (χ0v) is 8.94. The first-order valence-corrected chi connectivity index (χ1v) is 5.31. The Hall–Kier alpha value is -1.35. The number of carbonyl (C=O) groups is 1. The summed E-state index contributed by atoms with van der Waals surface area (Å²) >= 11 is 0. The van der Waals surface area contributed by atoms with E-state index in [1.165, 1.54) is 5.56 Å². The number of rotatable bonds is 3. The molecule has 1 aromatic rings. The van der Waals surface area contributed by atoms with Crippen molar-refractivity contribution in [1.82, 2.24) is 10.2 Å². The molecule has 0 radical (unpaired) electrons. The number of hydrogen-bond donors (Lipinski definition) is 1. The molecule has 1 aliphatic heterocycles. The van der Waals surface area contributed by atoms with E-state index in [0.717, 1.165) is 19.5 Å². The minimum Gasteiger partial charge on any atom is -0.337 e. The van der Waals surface area contributed by atoms with E-state index in [1.54, 1.807) is 0 Å². The van der Waals surface area contributed by atoms with Gasteiger partial charge < -0.3 is 10.2 Å². The van der Waals surface area contributed by atoms with Crippen molar-refractivity contribution in [2.75, 3.05) is 13.6 Å². The molecule has 3 heteroatoms. The number of amides is 1. The molecule has 1 amide bonds. The molecule has 0 spiro atoms. The van der Waals surface area contributed by atoms with Crippen LogP contribution >= 0.6 is 0 Å². The normalized spacial score (nSPS) is 21.0. The lowest BCUT2D eigenvalue weighted by molar-refractivity contribution is -0.129. The van der Waals surface area contributed by atoms with Crippen molar-refractivity contribution in [2.45, 2.75) is 19.0 Å². The van der Waals surface area contributed by atoms with Crippen molar-refractivity contribution in [2.24, 2.45) is 0 Å². The fourth-order valence-electron chi connectivity index (χ4n) is 1.97. The average molecular weight is 204 g/mol. The minimum atomic E-state index is 0.0220. The molecule has 15 heavy (non-hydrogen) atoms. The van der Waals surface area contributed by atoms with E-state index in [9.17, 15) is 4.79 Å². The molecule has 1 aromatic carbocycles. The smallest absolute Gasteiger partial charge is 0.240 e. The number of carbonyl (C=O) groups excluding carboxylic acids is 1. The van der Waals surface area contributed by atoms with Crippen molar-refractivity contribution < 1.29 is 4.79 Å². The Labute approximate surface area is 90.1 Å². The number of nitrogens with one attached hydrogen (secondary N) is 1. The molecule has 0 bridgehead atoms. The summed E-state index contributed by atoms with van der Waals surface area (Å²) in [4.78, 5) is 13.7. The highest BCUT2D eigenvalue weighted by Gasteiger charge is 2.29. The number of likely N-dealkylation sites (tertiary alicyclic amines) is 1. The molecule has 1 fully saturated rings. The minimum absolute atomic E-state index is 0.0220. The summed E-state index contributed by atoms with van der Waals surface area (Å²) in [5.74, 6) is 0.223. The highest BCUT2D eigenvalue weighted by Crippen LogP contribution is 2.14. The fourth-order valence-corrected chi connectivity index (χ4v) is 1.97. The van der Waals surface area contributed by atoms with E-state index in [2.05, 4.69) is 17.4 Å². The summed E-state index contributed by atoms with van der Waals surface area (Å²) in [7, 11) is 1.84. The Bertz CT molecular complexity index is 337. The highest BCUT2D eigenvalue weighted by atomic mass is 16.2. The highest BCUT2D eigenvalue weighted by molar-refractivity contribution is 5.83. The molecule has 1 N–H and O–H groups in total. The second-order valence-electron chi connectivity index (χ2n) is 3.88. The zero-order valence-electron chi connectivity index (χ0n) is 8.94. The zero-order chi connectivity index (χ0) is 10.7. The average Bonchev–Trinajstić information content (AvgIpc) is 2.62. The summed E-state index contributed by atoms with van der Waals surface area (Å²) in [5.41, 5.74) is 1.20. The van der Waals surface area contributed by atoms with Gasteiger partial charge in [0.15, 0.2) is 0 Å². The van der Waals surface area contributed by atoms with Gasteiger partial charge in [0.05, 0.1) is 6.04 Å². The van der Waals surface area contributed by atoms with E-state index >= 15 is 0 Å². The van der Waals surface area contributed by atoms with E-state index in [-0.39, 0.29) is 11.9 Å². The molecule has 1 unspecified atom stereocenters. The third-order valence-corrected chi connectivity index (χ3v) is 2.86. The van der Waals surface area contributed by atoms with Crippen molar-refractivity contribution in [3.63, 3.8) is 0 Å². The second kappa shape index (κ2) is 4.45. The molecule has 80 valence electrons. The first-order chi connectivity index (χ1) is 7.31. The van der Waals surface area contributed by atoms with Gasteiger partial charge >= 0.3 is 0 Å². The van der Waals surface area contributed by atoms with Crippen LogP contribution in [-0.2, 0) is 11.3 Å². The maximum absolute atomic E-state index is 11.8. The Kier molecular flexibility index (Phi) is 3.02. The van der Waals surface area contributed by atoms with Gasteiger partial charge in [0, 0.05) is 13.1 Å². The predicted molar refractivity (Wildman–Crippen MR) is 59.3 cm³/mol. The summed E-state index contributed by atoms with van der Waals surface area (Å²) < 4.78 is 0. The molecular weight excluding hydrogens is 188 g/mol. The van der Waals surface area contributed by atoms with E-state index in [1.807, 2.05) is 30.1 Å². The van der Waals surface area contributed by atoms with Crippen LogP contribution in [0.5, 0.6) is 0 Å². The monoisotopic (exact) mass is 204 g/mol. The third-order valence-electron chi connectivity index (χ3n) is 2.86. The van der Waals surface area contributed by atoms with Gasteiger partial charge in [0.25, 0.3) is 0 Å². The van der Waals surface area contributed by atoms with Gasteiger partial charge in [0.1, 0.15) is 0 Å².